The molecule has 0 aromatic heterocycles. The number of Topliss-reactive ketones (excluding diaryl/α,β-unsaturated/α-hetero) is 1. The second-order valence-electron chi connectivity index (χ2n) is 14.4. The van der Waals surface area contributed by atoms with Crippen LogP contribution in [-0.4, -0.2) is 18.0 Å². The molecule has 3 nitrogen and oxygen atoms in total. The van der Waals surface area contributed by atoms with Gasteiger partial charge < -0.3 is 9.47 Å². The van der Waals surface area contributed by atoms with Crippen molar-refractivity contribution in [3.8, 4) is 0 Å². The van der Waals surface area contributed by atoms with Crippen molar-refractivity contribution in [3.05, 3.63) is 84.4 Å². The van der Waals surface area contributed by atoms with E-state index in [2.05, 4.69) is 88.0 Å². The monoisotopic (exact) mass is 554 g/mol. The lowest BCUT2D eigenvalue weighted by molar-refractivity contribution is -0.194. The van der Waals surface area contributed by atoms with Crippen LogP contribution >= 0.6 is 0 Å². The Morgan fingerprint density at radius 2 is 1.49 bits per heavy atom. The van der Waals surface area contributed by atoms with Crippen molar-refractivity contribution in [3.63, 3.8) is 0 Å². The molecule has 220 valence electrons. The zero-order valence-electron chi connectivity index (χ0n) is 25.5. The summed E-state index contributed by atoms with van der Waals surface area (Å²) in [7, 11) is 0. The van der Waals surface area contributed by atoms with Crippen LogP contribution in [0.15, 0.2) is 73.3 Å². The van der Waals surface area contributed by atoms with Crippen molar-refractivity contribution in [1.29, 1.82) is 0 Å². The molecule has 4 aliphatic carbocycles. The Balaban J connectivity index is 1.25. The summed E-state index contributed by atoms with van der Waals surface area (Å²) >= 11 is 0. The van der Waals surface area contributed by atoms with Crippen LogP contribution in [0.4, 0.5) is 0 Å². The number of allylic oxidation sites excluding steroid dienone is 1. The Kier molecular flexibility index (Phi) is 8.31. The molecular formula is C38H50O3. The fraction of sp³-hybridized carbons (Fsp3) is 0.605. The highest BCUT2D eigenvalue weighted by Gasteiger charge is 2.64. The molecule has 6 rings (SSSR count). The van der Waals surface area contributed by atoms with E-state index in [4.69, 9.17) is 9.47 Å². The Hall–Kier alpha value is -2.23. The van der Waals surface area contributed by atoms with Gasteiger partial charge in [0.2, 0.25) is 0 Å². The molecule has 0 bridgehead atoms. The first-order valence-electron chi connectivity index (χ1n) is 16.3. The van der Waals surface area contributed by atoms with E-state index in [0.29, 0.717) is 48.6 Å². The van der Waals surface area contributed by atoms with Gasteiger partial charge in [-0.25, -0.2) is 0 Å². The molecule has 10 atom stereocenters. The highest BCUT2D eigenvalue weighted by Crippen LogP contribution is 2.68. The van der Waals surface area contributed by atoms with Gasteiger partial charge in [0.25, 0.3) is 0 Å². The van der Waals surface area contributed by atoms with Crippen molar-refractivity contribution in [2.24, 2.45) is 46.3 Å². The molecule has 4 aliphatic rings. The van der Waals surface area contributed by atoms with Gasteiger partial charge in [-0.3, -0.25) is 4.79 Å². The molecular weight excluding hydrogens is 504 g/mol. The number of hydrogen-bond donors (Lipinski definition) is 0. The number of carbonyl (C=O) groups excluding carboxylic acids is 1. The number of fused-ring (bicyclic) bond motifs is 5. The van der Waals surface area contributed by atoms with Crippen LogP contribution in [0.25, 0.3) is 0 Å². The van der Waals surface area contributed by atoms with E-state index in [1.54, 1.807) is 0 Å². The van der Waals surface area contributed by atoms with Crippen LogP contribution in [0.3, 0.4) is 0 Å². The highest BCUT2D eigenvalue weighted by molar-refractivity contribution is 5.85. The molecule has 0 aliphatic heterocycles. The molecule has 41 heavy (non-hydrogen) atoms. The molecule has 0 amide bonds. The minimum atomic E-state index is 0.101. The van der Waals surface area contributed by atoms with Gasteiger partial charge in [0, 0.05) is 12.3 Å². The van der Waals surface area contributed by atoms with E-state index in [-0.39, 0.29) is 29.0 Å². The van der Waals surface area contributed by atoms with Crippen LogP contribution in [0.2, 0.25) is 0 Å². The molecule has 4 saturated carbocycles. The van der Waals surface area contributed by atoms with E-state index in [1.807, 2.05) is 6.08 Å². The van der Waals surface area contributed by atoms with Crippen LogP contribution in [-0.2, 0) is 27.5 Å². The summed E-state index contributed by atoms with van der Waals surface area (Å²) in [6, 6.07) is 21.2. The van der Waals surface area contributed by atoms with E-state index >= 15 is 0 Å². The number of carbonyl (C=O) groups is 1. The third-order valence-electron chi connectivity index (χ3n) is 12.3. The van der Waals surface area contributed by atoms with Crippen molar-refractivity contribution < 1.29 is 14.3 Å². The number of ketones is 1. The normalized spacial score (nSPS) is 38.9. The molecule has 0 unspecified atom stereocenters. The minimum absolute atomic E-state index is 0.101. The molecule has 0 radical (unpaired) electrons. The van der Waals surface area contributed by atoms with Gasteiger partial charge in [-0.15, -0.1) is 6.58 Å². The van der Waals surface area contributed by atoms with Gasteiger partial charge in [-0.1, -0.05) is 87.5 Å². The fourth-order valence-electron chi connectivity index (χ4n) is 10.3. The largest absolute Gasteiger partial charge is 0.374 e. The number of benzene rings is 2. The lowest BCUT2D eigenvalue weighted by Gasteiger charge is -2.63. The topological polar surface area (TPSA) is 35.5 Å². The summed E-state index contributed by atoms with van der Waals surface area (Å²) in [5.41, 5.74) is 2.82. The van der Waals surface area contributed by atoms with Crippen molar-refractivity contribution >= 4 is 5.78 Å². The minimum Gasteiger partial charge on any atom is -0.374 e. The van der Waals surface area contributed by atoms with Gasteiger partial charge in [0.1, 0.15) is 5.78 Å². The van der Waals surface area contributed by atoms with Gasteiger partial charge >= 0.3 is 0 Å². The molecule has 2 aromatic rings. The van der Waals surface area contributed by atoms with Gasteiger partial charge in [0.05, 0.1) is 25.4 Å². The maximum absolute atomic E-state index is 13.6. The Morgan fingerprint density at radius 1 is 0.854 bits per heavy atom. The van der Waals surface area contributed by atoms with E-state index < -0.39 is 0 Å². The molecule has 3 heteroatoms. The van der Waals surface area contributed by atoms with E-state index in [0.717, 1.165) is 32.1 Å². The van der Waals surface area contributed by atoms with Gasteiger partial charge in [-0.2, -0.15) is 0 Å². The van der Waals surface area contributed by atoms with Crippen LogP contribution in [0, 0.1) is 46.3 Å². The Bertz CT molecular complexity index is 1190. The Labute approximate surface area is 248 Å². The molecule has 2 aromatic carbocycles. The third-order valence-corrected chi connectivity index (χ3v) is 12.3. The SMILES string of the molecule is C=CC[C@@H](C)[C@H]1C(=O)C[C@H]2[C@@H]3C[C@@H](OCc4ccccc4)[C@H]4C[C@@H](OCc5ccccc5)CC[C@]4(C)[C@H]3CC[C@]12C. The quantitative estimate of drug-likeness (QED) is 0.291. The zero-order chi connectivity index (χ0) is 28.6. The maximum atomic E-state index is 13.6. The fourth-order valence-corrected chi connectivity index (χ4v) is 10.3. The highest BCUT2D eigenvalue weighted by atomic mass is 16.5. The smallest absolute Gasteiger partial charge is 0.137 e. The first-order chi connectivity index (χ1) is 19.8. The maximum Gasteiger partial charge on any atom is 0.137 e. The molecule has 0 heterocycles. The van der Waals surface area contributed by atoms with Gasteiger partial charge in [0.15, 0.2) is 0 Å². The lowest BCUT2D eigenvalue weighted by Crippen LogP contribution is -2.59. The zero-order valence-corrected chi connectivity index (χ0v) is 25.5. The van der Waals surface area contributed by atoms with Crippen LogP contribution in [0.1, 0.15) is 83.3 Å². The van der Waals surface area contributed by atoms with E-state index in [1.165, 1.54) is 30.4 Å². The second-order valence-corrected chi connectivity index (χ2v) is 14.4. The molecule has 0 saturated heterocycles. The third kappa shape index (κ3) is 5.38. The predicted molar refractivity (Wildman–Crippen MR) is 165 cm³/mol. The van der Waals surface area contributed by atoms with Gasteiger partial charge in [-0.05, 0) is 96.5 Å². The summed E-state index contributed by atoms with van der Waals surface area (Å²) in [6.45, 7) is 12.7. The summed E-state index contributed by atoms with van der Waals surface area (Å²) in [5, 5.41) is 0. The van der Waals surface area contributed by atoms with Crippen LogP contribution < -0.4 is 0 Å². The van der Waals surface area contributed by atoms with Crippen molar-refractivity contribution in [1.82, 2.24) is 0 Å². The Morgan fingerprint density at radius 3 is 2.15 bits per heavy atom. The molecule has 0 spiro atoms. The van der Waals surface area contributed by atoms with E-state index in [9.17, 15) is 4.79 Å². The summed E-state index contributed by atoms with van der Waals surface area (Å²) in [6.07, 6.45) is 11.1. The summed E-state index contributed by atoms with van der Waals surface area (Å²) < 4.78 is 13.5. The van der Waals surface area contributed by atoms with Crippen LogP contribution in [0.5, 0.6) is 0 Å². The number of rotatable bonds is 9. The second kappa shape index (κ2) is 11.8. The average molecular weight is 555 g/mol. The lowest BCUT2D eigenvalue weighted by atomic mass is 9.43. The average Bonchev–Trinajstić information content (AvgIpc) is 3.26. The standard InChI is InChI=1S/C38H50O3/c1-5-12-26(2)36-34(39)23-32-30-22-35(41-25-28-15-10-7-11-16-28)33-21-29(40-24-27-13-8-6-9-14-27)17-19-37(33,3)31(30)18-20-38(32,36)4/h5-11,13-16,26,29-33,35-36H,1,12,17-25H2,2-4H3/t26-,29+,30-,31+,32+,33-,35-,36+,37-,38+/m1/s1. The molecule has 0 N–H and O–H groups in total. The number of hydrogen-bond acceptors (Lipinski definition) is 3. The summed E-state index contributed by atoms with van der Waals surface area (Å²) in [5.74, 6) is 3.24. The molecule has 4 fully saturated rings. The number of ether oxygens (including phenoxy) is 2. The first-order valence-corrected chi connectivity index (χ1v) is 16.3. The predicted octanol–water partition coefficient (Wildman–Crippen LogP) is 8.82. The van der Waals surface area contributed by atoms with Crippen molar-refractivity contribution in [2.45, 2.75) is 97.6 Å². The first kappa shape index (κ1) is 28.9. The van der Waals surface area contributed by atoms with Crippen molar-refractivity contribution in [2.75, 3.05) is 0 Å². The summed E-state index contributed by atoms with van der Waals surface area (Å²) in [4.78, 5) is 13.6.